The van der Waals surface area contributed by atoms with Crippen LogP contribution in [0.3, 0.4) is 0 Å². The number of aromatic amines is 1. The van der Waals surface area contributed by atoms with Gasteiger partial charge in [0.05, 0.1) is 64.2 Å². The van der Waals surface area contributed by atoms with Gasteiger partial charge in [0.15, 0.2) is 11.5 Å². The Labute approximate surface area is 458 Å². The number of nitrogens with one attached hydrogen (secondary N) is 5. The van der Waals surface area contributed by atoms with Crippen LogP contribution in [-0.2, 0) is 19.2 Å². The highest BCUT2D eigenvalue weighted by atomic mass is 32.1. The summed E-state index contributed by atoms with van der Waals surface area (Å²) in [4.78, 5) is 87.3. The number of carbonyl (C=O) groups excluding carboxylic acids is 5. The molecule has 1 aliphatic carbocycles. The van der Waals surface area contributed by atoms with Gasteiger partial charge >= 0.3 is 0 Å². The van der Waals surface area contributed by atoms with Crippen molar-refractivity contribution < 1.29 is 33.5 Å². The highest BCUT2D eigenvalue weighted by Gasteiger charge is 2.45. The Hall–Kier alpha value is -7.10. The molecule has 6 aromatic rings. The zero-order valence-corrected chi connectivity index (χ0v) is 46.0. The summed E-state index contributed by atoms with van der Waals surface area (Å²) in [6.45, 7) is 12.1. The van der Waals surface area contributed by atoms with Crippen LogP contribution in [0, 0.1) is 18.2 Å². The van der Waals surface area contributed by atoms with E-state index < -0.39 is 29.4 Å². The molecule has 0 bridgehead atoms. The summed E-state index contributed by atoms with van der Waals surface area (Å²) in [6, 6.07) is 10.3. The third kappa shape index (κ3) is 13.6. The number of aryl methyl sites for hydroxylation is 1. The first-order valence-corrected chi connectivity index (χ1v) is 28.2. The summed E-state index contributed by atoms with van der Waals surface area (Å²) < 4.78 is 17.6. The van der Waals surface area contributed by atoms with Crippen LogP contribution >= 0.6 is 11.3 Å². The van der Waals surface area contributed by atoms with Crippen molar-refractivity contribution in [3.8, 4) is 21.7 Å². The number of hydrogen-bond acceptors (Lipinski definition) is 13. The number of thiazole rings is 1. The molecule has 6 heterocycles. The molecule has 0 spiro atoms. The van der Waals surface area contributed by atoms with E-state index in [0.717, 1.165) is 83.6 Å². The topological polar surface area (TPSA) is 235 Å². The molecule has 21 heteroatoms. The lowest BCUT2D eigenvalue weighted by Gasteiger charge is -2.35. The number of fused-ring (bicyclic) bond motifs is 1. The fraction of sp³-hybridized carbons (Fsp3) is 0.491. The number of aliphatic hydroxyl groups excluding tert-OH is 1. The molecule has 6 N–H and O–H groups in total. The predicted molar refractivity (Wildman–Crippen MR) is 296 cm³/mol. The van der Waals surface area contributed by atoms with E-state index in [1.165, 1.54) is 11.0 Å². The lowest BCUT2D eigenvalue weighted by atomic mass is 9.85. The summed E-state index contributed by atoms with van der Waals surface area (Å²) >= 11 is 1.58. The first-order chi connectivity index (χ1) is 37.5. The average Bonchev–Trinajstić information content (AvgIpc) is 3.79. The number of halogens is 1. The number of β-amino-alcohol motifs (C(OH)–C–C–N with tert-alkyl or cyclic N) is 1. The smallest absolute Gasteiger partial charge is 0.254 e. The number of benzene rings is 2. The zero-order valence-electron chi connectivity index (χ0n) is 45.2. The van der Waals surface area contributed by atoms with Gasteiger partial charge in [-0.2, -0.15) is 5.10 Å². The quantitative estimate of drug-likeness (QED) is 0.0368. The third-order valence-electron chi connectivity index (χ3n) is 15.0. The van der Waals surface area contributed by atoms with E-state index in [1.807, 2.05) is 79.9 Å². The molecule has 1 saturated carbocycles. The minimum Gasteiger partial charge on any atom is -0.391 e. The van der Waals surface area contributed by atoms with Crippen molar-refractivity contribution in [3.63, 3.8) is 0 Å². The Morgan fingerprint density at radius 3 is 2.32 bits per heavy atom. The number of carbonyl (C=O) groups is 5. The number of aromatic nitrogens is 6. The summed E-state index contributed by atoms with van der Waals surface area (Å²) in [5.41, 5.74) is 7.66. The van der Waals surface area contributed by atoms with Gasteiger partial charge in [-0.25, -0.2) is 19.3 Å². The molecule has 3 fully saturated rings. The Balaban J connectivity index is 0.641. The molecule has 414 valence electrons. The number of rotatable bonds is 22. The summed E-state index contributed by atoms with van der Waals surface area (Å²) in [5.74, 6) is -1.14. The van der Waals surface area contributed by atoms with E-state index >= 15 is 4.39 Å². The van der Waals surface area contributed by atoms with E-state index in [0.29, 0.717) is 56.5 Å². The third-order valence-corrected chi connectivity index (χ3v) is 16.0. The Morgan fingerprint density at radius 2 is 1.64 bits per heavy atom. The van der Waals surface area contributed by atoms with Gasteiger partial charge in [0.1, 0.15) is 17.9 Å². The van der Waals surface area contributed by atoms with E-state index in [9.17, 15) is 29.1 Å². The molecule has 2 aromatic carbocycles. The van der Waals surface area contributed by atoms with Crippen molar-refractivity contribution in [2.75, 3.05) is 51.1 Å². The molecule has 2 saturated heterocycles. The molecular formula is C57H72FN13O6S. The van der Waals surface area contributed by atoms with Crippen molar-refractivity contribution >= 4 is 58.0 Å². The molecule has 0 unspecified atom stereocenters. The minimum atomic E-state index is -0.889. The van der Waals surface area contributed by atoms with Crippen molar-refractivity contribution in [1.82, 2.24) is 60.2 Å². The van der Waals surface area contributed by atoms with Gasteiger partial charge in [0.25, 0.3) is 5.91 Å². The van der Waals surface area contributed by atoms with Crippen molar-refractivity contribution in [2.24, 2.45) is 5.41 Å². The predicted octanol–water partition coefficient (Wildman–Crippen LogP) is 7.29. The second-order valence-electron chi connectivity index (χ2n) is 22.1. The number of piperazine rings is 1. The summed E-state index contributed by atoms with van der Waals surface area (Å²) in [7, 11) is 0. The second kappa shape index (κ2) is 24.7. The van der Waals surface area contributed by atoms with Crippen LogP contribution < -0.4 is 21.3 Å². The number of H-pyrrole nitrogens is 1. The van der Waals surface area contributed by atoms with Crippen molar-refractivity contribution in [3.05, 3.63) is 101 Å². The van der Waals surface area contributed by atoms with Gasteiger partial charge < -0.3 is 36.2 Å². The number of imidazole rings is 1. The van der Waals surface area contributed by atoms with Crippen LogP contribution in [0.4, 0.5) is 15.9 Å². The maximum Gasteiger partial charge on any atom is 0.254 e. The van der Waals surface area contributed by atoms with Crippen LogP contribution in [0.15, 0.2) is 72.8 Å². The Bertz CT molecular complexity index is 3070. The zero-order chi connectivity index (χ0) is 55.1. The molecule has 78 heavy (non-hydrogen) atoms. The molecule has 4 atom stereocenters. The molecule has 5 amide bonds. The van der Waals surface area contributed by atoms with E-state index in [4.69, 9.17) is 4.98 Å². The second-order valence-corrected chi connectivity index (χ2v) is 23.0. The molecule has 0 radical (unpaired) electrons. The molecular weight excluding hydrogens is 1010 g/mol. The standard InChI is InChI=1S/C57H72FN13O6S/c1-35(37-13-17-39(18-14-37)50-36(2)61-34-78-50)64-54(75)46-27-42(72)31-71(46)56(77)51(57(3,4)5)67-48(73)12-10-8-6-7-9-11-21-59-49(74)33-68-22-24-69(25-23-68)55(76)40-19-20-44(43(58)26-40)65-52-53-60-30-47(41-28-62-63-29-41)70(53)32-45(66-52)38-15-16-38/h13-14,17-20,26,28-30,32,34-35,38,42,46,51,72H,6-12,15-16,21-25,27,31,33H2,1-5H3,(H,59,74)(H,62,63)(H,64,75)(H,65,66)(H,67,73)/t35-,42-,46+,51+/m0/s1. The first kappa shape index (κ1) is 55.6. The monoisotopic (exact) mass is 1090 g/mol. The number of likely N-dealkylation sites (tertiary alicyclic amines) is 1. The Kier molecular flexibility index (Phi) is 17.6. The Morgan fingerprint density at radius 1 is 0.897 bits per heavy atom. The highest BCUT2D eigenvalue weighted by molar-refractivity contribution is 7.13. The van der Waals surface area contributed by atoms with E-state index in [1.54, 1.807) is 47.0 Å². The number of unbranched alkanes of at least 4 members (excludes halogenated alkanes) is 5. The average molecular weight is 1090 g/mol. The number of aliphatic hydroxyl groups is 1. The summed E-state index contributed by atoms with van der Waals surface area (Å²) in [5, 5.41) is 29.7. The van der Waals surface area contributed by atoms with Crippen LogP contribution in [0.2, 0.25) is 0 Å². The maximum absolute atomic E-state index is 15.7. The lowest BCUT2D eigenvalue weighted by molar-refractivity contribution is -0.144. The van der Waals surface area contributed by atoms with Gasteiger partial charge in [-0.1, -0.05) is 70.7 Å². The summed E-state index contributed by atoms with van der Waals surface area (Å²) in [6.07, 6.45) is 13.9. The number of hydrogen-bond donors (Lipinski definition) is 6. The van der Waals surface area contributed by atoms with Crippen LogP contribution in [0.5, 0.6) is 0 Å². The van der Waals surface area contributed by atoms with Crippen LogP contribution in [0.1, 0.15) is 131 Å². The van der Waals surface area contributed by atoms with Gasteiger partial charge in [-0.05, 0) is 74.3 Å². The van der Waals surface area contributed by atoms with Gasteiger partial charge in [0.2, 0.25) is 23.6 Å². The normalized spacial score (nSPS) is 17.7. The highest BCUT2D eigenvalue weighted by Crippen LogP contribution is 2.41. The van der Waals surface area contributed by atoms with Gasteiger partial charge in [0, 0.05) is 81.5 Å². The fourth-order valence-electron chi connectivity index (χ4n) is 10.3. The van der Waals surface area contributed by atoms with Gasteiger partial charge in [-0.15, -0.1) is 11.3 Å². The van der Waals surface area contributed by atoms with Gasteiger partial charge in [-0.3, -0.25) is 38.4 Å². The molecule has 3 aliphatic rings. The first-order valence-electron chi connectivity index (χ1n) is 27.3. The van der Waals surface area contributed by atoms with Crippen molar-refractivity contribution in [1.29, 1.82) is 0 Å². The van der Waals surface area contributed by atoms with Crippen LogP contribution in [-0.4, -0.2) is 143 Å². The molecule has 2 aliphatic heterocycles. The SMILES string of the molecule is Cc1ncsc1-c1ccc([C@H](C)NC(=O)[C@H]2C[C@H](O)CN2C(=O)[C@@H](NC(=O)CCCCCCCCNC(=O)CN2CCN(C(=O)c3ccc(Nc4nc(C5CC5)cn5c(-c6cn[nH]c6)cnc45)c(F)c3)CC2)C(C)(C)C)cc1. The largest absolute Gasteiger partial charge is 0.391 e. The molecule has 19 nitrogen and oxygen atoms in total. The molecule has 4 aromatic heterocycles. The number of amides is 5. The lowest BCUT2D eigenvalue weighted by Crippen LogP contribution is -2.57. The maximum atomic E-state index is 15.7. The number of anilines is 2. The fourth-order valence-corrected chi connectivity index (χ4v) is 11.1. The van der Waals surface area contributed by atoms with E-state index in [2.05, 4.69) is 41.4 Å². The molecule has 9 rings (SSSR count). The minimum absolute atomic E-state index is 0.00534. The number of nitrogens with zero attached hydrogens (tertiary/aromatic N) is 8. The van der Waals surface area contributed by atoms with E-state index in [-0.39, 0.29) is 72.8 Å². The van der Waals surface area contributed by atoms with Crippen molar-refractivity contribution in [2.45, 2.75) is 129 Å². The van der Waals surface area contributed by atoms with Crippen LogP contribution in [0.25, 0.3) is 27.3 Å².